The lowest BCUT2D eigenvalue weighted by Gasteiger charge is -2.12. The number of nitrogens with one attached hydrogen (secondary N) is 1. The average molecular weight is 346 g/mol. The van der Waals surface area contributed by atoms with Crippen molar-refractivity contribution in [1.82, 2.24) is 10.4 Å². The number of methoxy groups -OCH3 is 1. The van der Waals surface area contributed by atoms with E-state index in [1.54, 1.807) is 0 Å². The molecule has 1 aliphatic heterocycles. The lowest BCUT2D eigenvalue weighted by atomic mass is 10.3. The van der Waals surface area contributed by atoms with Crippen LogP contribution >= 0.6 is 0 Å². The number of ether oxygens (including phenoxy) is 3. The normalized spacial score (nSPS) is 14.0. The molecule has 0 aliphatic carbocycles. The molecule has 1 rings (SSSR count). The minimum Gasteiger partial charge on any atom is -0.447 e. The first kappa shape index (κ1) is 19.8. The van der Waals surface area contributed by atoms with Crippen molar-refractivity contribution in [3.63, 3.8) is 0 Å². The van der Waals surface area contributed by atoms with Crippen LogP contribution in [-0.4, -0.2) is 69.0 Å². The third kappa shape index (κ3) is 7.88. The molecule has 136 valence electrons. The standard InChI is InChI=1S/C14H22N2O8/c1-21-9-10-23-14(20)15-6-8-22-7-2-3-13(19)24-16-11(17)4-5-12(16)18/h2-10H2,1H3,(H,15,20). The highest BCUT2D eigenvalue weighted by atomic mass is 16.7. The first-order valence-corrected chi connectivity index (χ1v) is 7.58. The number of alkyl carbamates (subject to hydrolysis) is 1. The molecule has 3 amide bonds. The van der Waals surface area contributed by atoms with Crippen molar-refractivity contribution < 1.29 is 38.2 Å². The smallest absolute Gasteiger partial charge is 0.407 e. The second-order valence-electron chi connectivity index (χ2n) is 4.82. The first-order chi connectivity index (χ1) is 11.5. The fraction of sp³-hybridized carbons (Fsp3) is 0.714. The second-order valence-corrected chi connectivity index (χ2v) is 4.82. The predicted octanol–water partition coefficient (Wildman–Crippen LogP) is -0.237. The Labute approximate surface area is 139 Å². The van der Waals surface area contributed by atoms with Gasteiger partial charge in [0, 0.05) is 33.1 Å². The van der Waals surface area contributed by atoms with Crippen LogP contribution < -0.4 is 5.32 Å². The fourth-order valence-electron chi connectivity index (χ4n) is 1.72. The summed E-state index contributed by atoms with van der Waals surface area (Å²) in [7, 11) is 1.51. The Morgan fingerprint density at radius 1 is 1.08 bits per heavy atom. The highest BCUT2D eigenvalue weighted by molar-refractivity contribution is 6.01. The zero-order chi connectivity index (χ0) is 17.8. The van der Waals surface area contributed by atoms with E-state index < -0.39 is 23.9 Å². The van der Waals surface area contributed by atoms with Gasteiger partial charge in [-0.1, -0.05) is 0 Å². The van der Waals surface area contributed by atoms with E-state index in [4.69, 9.17) is 19.0 Å². The molecule has 0 atom stereocenters. The van der Waals surface area contributed by atoms with Gasteiger partial charge in [0.25, 0.3) is 11.8 Å². The summed E-state index contributed by atoms with van der Waals surface area (Å²) in [4.78, 5) is 49.8. The molecule has 1 N–H and O–H groups in total. The molecule has 0 radical (unpaired) electrons. The van der Waals surface area contributed by atoms with E-state index in [1.165, 1.54) is 7.11 Å². The molecule has 0 unspecified atom stereocenters. The zero-order valence-electron chi connectivity index (χ0n) is 13.6. The summed E-state index contributed by atoms with van der Waals surface area (Å²) in [6.07, 6.45) is -0.0393. The number of hydroxylamine groups is 2. The van der Waals surface area contributed by atoms with Gasteiger partial charge in [0.1, 0.15) is 6.61 Å². The third-order valence-corrected chi connectivity index (χ3v) is 2.90. The van der Waals surface area contributed by atoms with Crippen LogP contribution in [0.3, 0.4) is 0 Å². The largest absolute Gasteiger partial charge is 0.447 e. The maximum Gasteiger partial charge on any atom is 0.407 e. The highest BCUT2D eigenvalue weighted by Crippen LogP contribution is 2.12. The van der Waals surface area contributed by atoms with Crippen molar-refractivity contribution in [3.05, 3.63) is 0 Å². The number of amides is 3. The Kier molecular flexibility index (Phi) is 9.39. The summed E-state index contributed by atoms with van der Waals surface area (Å²) in [6.45, 7) is 1.31. The van der Waals surface area contributed by atoms with E-state index in [0.717, 1.165) is 0 Å². The van der Waals surface area contributed by atoms with Crippen LogP contribution in [0.25, 0.3) is 0 Å². The van der Waals surface area contributed by atoms with Crippen LogP contribution in [0.5, 0.6) is 0 Å². The molecule has 24 heavy (non-hydrogen) atoms. The van der Waals surface area contributed by atoms with Gasteiger partial charge < -0.3 is 24.4 Å². The topological polar surface area (TPSA) is 120 Å². The van der Waals surface area contributed by atoms with E-state index in [1.807, 2.05) is 0 Å². The summed E-state index contributed by atoms with van der Waals surface area (Å²) < 4.78 is 14.7. The van der Waals surface area contributed by atoms with Crippen LogP contribution in [-0.2, 0) is 33.4 Å². The van der Waals surface area contributed by atoms with E-state index in [0.29, 0.717) is 18.1 Å². The summed E-state index contributed by atoms with van der Waals surface area (Å²) in [5.41, 5.74) is 0. The Balaban J connectivity index is 1.96. The molecule has 0 aromatic carbocycles. The van der Waals surface area contributed by atoms with Crippen molar-refractivity contribution >= 4 is 23.9 Å². The number of carbonyl (C=O) groups excluding carboxylic acids is 4. The minimum atomic E-state index is -0.665. The number of nitrogens with zero attached hydrogens (tertiary/aromatic N) is 1. The number of hydrogen-bond donors (Lipinski definition) is 1. The molecule has 10 nitrogen and oxygen atoms in total. The van der Waals surface area contributed by atoms with Crippen molar-refractivity contribution in [1.29, 1.82) is 0 Å². The molecule has 0 aromatic rings. The minimum absolute atomic E-state index is 0.0174. The van der Waals surface area contributed by atoms with Crippen LogP contribution in [0.1, 0.15) is 25.7 Å². The molecule has 1 fully saturated rings. The molecule has 0 aromatic heterocycles. The molecule has 1 aliphatic rings. The van der Waals surface area contributed by atoms with Crippen LogP contribution in [0.15, 0.2) is 0 Å². The summed E-state index contributed by atoms with van der Waals surface area (Å²) in [5.74, 6) is -1.68. The van der Waals surface area contributed by atoms with Crippen molar-refractivity contribution in [2.24, 2.45) is 0 Å². The van der Waals surface area contributed by atoms with Gasteiger partial charge in [0.15, 0.2) is 0 Å². The van der Waals surface area contributed by atoms with Gasteiger partial charge in [0.05, 0.1) is 19.6 Å². The molecule has 1 saturated heterocycles. The predicted molar refractivity (Wildman–Crippen MR) is 78.5 cm³/mol. The Bertz CT molecular complexity index is 438. The molecular formula is C14H22N2O8. The van der Waals surface area contributed by atoms with Gasteiger partial charge in [-0.15, -0.1) is 5.06 Å². The van der Waals surface area contributed by atoms with E-state index in [-0.39, 0.29) is 45.6 Å². The number of carbonyl (C=O) groups is 4. The van der Waals surface area contributed by atoms with Crippen LogP contribution in [0, 0.1) is 0 Å². The van der Waals surface area contributed by atoms with Crippen LogP contribution in [0.4, 0.5) is 4.79 Å². The Hall–Kier alpha value is -2.20. The van der Waals surface area contributed by atoms with Crippen molar-refractivity contribution in [2.75, 3.05) is 40.1 Å². The molecule has 0 spiro atoms. The van der Waals surface area contributed by atoms with Gasteiger partial charge in [-0.05, 0) is 6.42 Å². The van der Waals surface area contributed by atoms with Gasteiger partial charge in [0.2, 0.25) is 0 Å². The lowest BCUT2D eigenvalue weighted by Crippen LogP contribution is -2.32. The summed E-state index contributed by atoms with van der Waals surface area (Å²) in [5, 5.41) is 3.00. The fourth-order valence-corrected chi connectivity index (χ4v) is 1.72. The molecule has 0 bridgehead atoms. The number of hydrogen-bond acceptors (Lipinski definition) is 8. The molecule has 1 heterocycles. The molecule has 10 heteroatoms. The summed E-state index contributed by atoms with van der Waals surface area (Å²) >= 11 is 0. The van der Waals surface area contributed by atoms with E-state index >= 15 is 0 Å². The van der Waals surface area contributed by atoms with Gasteiger partial charge >= 0.3 is 12.1 Å². The van der Waals surface area contributed by atoms with Gasteiger partial charge in [-0.25, -0.2) is 9.59 Å². The molecule has 0 saturated carbocycles. The quantitative estimate of drug-likeness (QED) is 0.402. The highest BCUT2D eigenvalue weighted by Gasteiger charge is 2.32. The average Bonchev–Trinajstić information content (AvgIpc) is 2.86. The first-order valence-electron chi connectivity index (χ1n) is 7.58. The van der Waals surface area contributed by atoms with Crippen molar-refractivity contribution in [3.8, 4) is 0 Å². The van der Waals surface area contributed by atoms with Gasteiger partial charge in [-0.2, -0.15) is 0 Å². The van der Waals surface area contributed by atoms with Crippen molar-refractivity contribution in [2.45, 2.75) is 25.7 Å². The maximum absolute atomic E-state index is 11.5. The number of imide groups is 1. The lowest BCUT2D eigenvalue weighted by molar-refractivity contribution is -0.197. The van der Waals surface area contributed by atoms with Gasteiger partial charge in [-0.3, -0.25) is 9.59 Å². The SMILES string of the molecule is COCCOC(=O)NCCOCCCC(=O)ON1C(=O)CCC1=O. The monoisotopic (exact) mass is 346 g/mol. The zero-order valence-corrected chi connectivity index (χ0v) is 13.6. The third-order valence-electron chi connectivity index (χ3n) is 2.90. The maximum atomic E-state index is 11.5. The number of rotatable bonds is 11. The van der Waals surface area contributed by atoms with E-state index in [2.05, 4.69) is 5.32 Å². The molecular weight excluding hydrogens is 324 g/mol. The Morgan fingerprint density at radius 3 is 2.46 bits per heavy atom. The Morgan fingerprint density at radius 2 is 1.79 bits per heavy atom. The van der Waals surface area contributed by atoms with Crippen LogP contribution in [0.2, 0.25) is 0 Å². The second kappa shape index (κ2) is 11.4. The summed E-state index contributed by atoms with van der Waals surface area (Å²) in [6, 6.07) is 0. The van der Waals surface area contributed by atoms with E-state index in [9.17, 15) is 19.2 Å².